The van der Waals surface area contributed by atoms with Crippen LogP contribution in [0.15, 0.2) is 6.33 Å². The van der Waals surface area contributed by atoms with E-state index in [0.717, 1.165) is 12.2 Å². The average Bonchev–Trinajstić information content (AvgIpc) is 2.69. The summed E-state index contributed by atoms with van der Waals surface area (Å²) >= 11 is 0. The molecule has 0 aromatic carbocycles. The number of hydrogen-bond donors (Lipinski definition) is 3. The van der Waals surface area contributed by atoms with Crippen LogP contribution < -0.4 is 11.3 Å². The molecule has 80 valence electrons. The van der Waals surface area contributed by atoms with Crippen molar-refractivity contribution in [2.24, 2.45) is 11.8 Å². The molecule has 1 aromatic rings. The number of aromatic nitrogens is 3. The maximum absolute atomic E-state index is 5.46. The van der Waals surface area contributed by atoms with Crippen LogP contribution in [0.1, 0.15) is 25.2 Å². The number of rotatable bonds is 6. The van der Waals surface area contributed by atoms with E-state index in [1.165, 1.54) is 6.33 Å². The smallest absolute Gasteiger partial charge is 0.142 e. The van der Waals surface area contributed by atoms with Crippen molar-refractivity contribution in [2.45, 2.75) is 19.4 Å². The number of ether oxygens (including phenoxy) is 1. The molecule has 0 saturated heterocycles. The van der Waals surface area contributed by atoms with Gasteiger partial charge in [0.05, 0.1) is 6.04 Å². The maximum atomic E-state index is 5.46. The van der Waals surface area contributed by atoms with Crippen molar-refractivity contribution in [1.82, 2.24) is 20.6 Å². The minimum absolute atomic E-state index is 0.00681. The molecule has 2 unspecified atom stereocenters. The molecular weight excluding hydrogens is 182 g/mol. The number of hydrogen-bond acceptors (Lipinski definition) is 5. The molecule has 0 aliphatic heterocycles. The molecule has 1 aromatic heterocycles. The van der Waals surface area contributed by atoms with Crippen LogP contribution in [-0.2, 0) is 4.74 Å². The predicted octanol–water partition coefficient (Wildman–Crippen LogP) is -0.0183. The first-order valence-corrected chi connectivity index (χ1v) is 4.60. The first kappa shape index (κ1) is 11.1. The summed E-state index contributed by atoms with van der Waals surface area (Å²) in [7, 11) is 1.69. The van der Waals surface area contributed by atoms with Gasteiger partial charge in [-0.2, -0.15) is 5.10 Å². The van der Waals surface area contributed by atoms with E-state index in [-0.39, 0.29) is 6.04 Å². The Balaban J connectivity index is 2.53. The number of nitrogens with one attached hydrogen (secondary N) is 2. The first-order chi connectivity index (χ1) is 6.79. The van der Waals surface area contributed by atoms with E-state index in [0.29, 0.717) is 12.5 Å². The lowest BCUT2D eigenvalue weighted by Gasteiger charge is -2.20. The molecular formula is C8H17N5O. The van der Waals surface area contributed by atoms with Crippen molar-refractivity contribution in [3.8, 4) is 0 Å². The van der Waals surface area contributed by atoms with Crippen molar-refractivity contribution in [1.29, 1.82) is 0 Å². The van der Waals surface area contributed by atoms with Crippen LogP contribution >= 0.6 is 0 Å². The number of nitrogens with two attached hydrogens (primary N) is 1. The van der Waals surface area contributed by atoms with Gasteiger partial charge in [0.2, 0.25) is 0 Å². The SMILES string of the molecule is COCCC(C)C(NN)c1ncn[nH]1. The highest BCUT2D eigenvalue weighted by atomic mass is 16.5. The number of methoxy groups -OCH3 is 1. The summed E-state index contributed by atoms with van der Waals surface area (Å²) in [5.74, 6) is 6.56. The highest BCUT2D eigenvalue weighted by molar-refractivity contribution is 4.92. The molecule has 0 radical (unpaired) electrons. The second kappa shape index (κ2) is 5.69. The molecule has 0 spiro atoms. The van der Waals surface area contributed by atoms with E-state index >= 15 is 0 Å². The molecule has 14 heavy (non-hydrogen) atoms. The molecule has 4 N–H and O–H groups in total. The summed E-state index contributed by atoms with van der Waals surface area (Å²) < 4.78 is 5.01. The van der Waals surface area contributed by atoms with Gasteiger partial charge in [-0.1, -0.05) is 6.92 Å². The van der Waals surface area contributed by atoms with Crippen LogP contribution in [0.2, 0.25) is 0 Å². The lowest BCUT2D eigenvalue weighted by molar-refractivity contribution is 0.169. The summed E-state index contributed by atoms with van der Waals surface area (Å²) in [5.41, 5.74) is 2.72. The summed E-state index contributed by atoms with van der Waals surface area (Å²) in [6.07, 6.45) is 2.40. The molecule has 1 rings (SSSR count). The second-order valence-corrected chi connectivity index (χ2v) is 3.27. The van der Waals surface area contributed by atoms with Gasteiger partial charge in [0, 0.05) is 13.7 Å². The molecule has 0 amide bonds. The van der Waals surface area contributed by atoms with Crippen molar-refractivity contribution >= 4 is 0 Å². The van der Waals surface area contributed by atoms with Gasteiger partial charge in [0.1, 0.15) is 12.2 Å². The zero-order valence-corrected chi connectivity index (χ0v) is 8.53. The largest absolute Gasteiger partial charge is 0.385 e. The lowest BCUT2D eigenvalue weighted by Crippen LogP contribution is -2.33. The molecule has 6 nitrogen and oxygen atoms in total. The van der Waals surface area contributed by atoms with Crippen molar-refractivity contribution in [3.05, 3.63) is 12.2 Å². The molecule has 0 saturated carbocycles. The lowest BCUT2D eigenvalue weighted by atomic mass is 9.99. The quantitative estimate of drug-likeness (QED) is 0.442. The van der Waals surface area contributed by atoms with Gasteiger partial charge in [-0.3, -0.25) is 10.9 Å². The third-order valence-electron chi connectivity index (χ3n) is 2.25. The van der Waals surface area contributed by atoms with Crippen LogP contribution in [0.5, 0.6) is 0 Å². The number of aromatic amines is 1. The number of hydrazine groups is 1. The Morgan fingerprint density at radius 1 is 1.71 bits per heavy atom. The van der Waals surface area contributed by atoms with E-state index in [9.17, 15) is 0 Å². The van der Waals surface area contributed by atoms with Gasteiger partial charge in [0.25, 0.3) is 0 Å². The van der Waals surface area contributed by atoms with E-state index in [2.05, 4.69) is 27.5 Å². The first-order valence-electron chi connectivity index (χ1n) is 4.60. The second-order valence-electron chi connectivity index (χ2n) is 3.27. The van der Waals surface area contributed by atoms with Crippen LogP contribution in [0.4, 0.5) is 0 Å². The van der Waals surface area contributed by atoms with Crippen LogP contribution in [0.25, 0.3) is 0 Å². The zero-order chi connectivity index (χ0) is 10.4. The predicted molar refractivity (Wildman–Crippen MR) is 52.1 cm³/mol. The van der Waals surface area contributed by atoms with E-state index in [4.69, 9.17) is 10.6 Å². The Morgan fingerprint density at radius 3 is 3.00 bits per heavy atom. The molecule has 1 heterocycles. The van der Waals surface area contributed by atoms with Gasteiger partial charge in [-0.25, -0.2) is 10.4 Å². The van der Waals surface area contributed by atoms with Gasteiger partial charge in [-0.15, -0.1) is 0 Å². The molecule has 0 aliphatic rings. The Morgan fingerprint density at radius 2 is 2.50 bits per heavy atom. The Kier molecular flexibility index (Phi) is 4.51. The van der Waals surface area contributed by atoms with E-state index in [1.54, 1.807) is 7.11 Å². The van der Waals surface area contributed by atoms with E-state index in [1.807, 2.05) is 0 Å². The van der Waals surface area contributed by atoms with Crippen LogP contribution in [0, 0.1) is 5.92 Å². The summed E-state index contributed by atoms with van der Waals surface area (Å²) in [5, 5.41) is 6.59. The molecule has 2 atom stereocenters. The summed E-state index contributed by atoms with van der Waals surface area (Å²) in [6.45, 7) is 2.81. The van der Waals surface area contributed by atoms with Gasteiger partial charge < -0.3 is 4.74 Å². The minimum atomic E-state index is -0.00681. The van der Waals surface area contributed by atoms with Crippen molar-refractivity contribution in [3.63, 3.8) is 0 Å². The fraction of sp³-hybridized carbons (Fsp3) is 0.750. The van der Waals surface area contributed by atoms with E-state index < -0.39 is 0 Å². The van der Waals surface area contributed by atoms with Crippen molar-refractivity contribution < 1.29 is 4.74 Å². The number of H-pyrrole nitrogens is 1. The van der Waals surface area contributed by atoms with Crippen molar-refractivity contribution in [2.75, 3.05) is 13.7 Å². The minimum Gasteiger partial charge on any atom is -0.385 e. The monoisotopic (exact) mass is 199 g/mol. The van der Waals surface area contributed by atoms with Gasteiger partial charge in [0.15, 0.2) is 0 Å². The highest BCUT2D eigenvalue weighted by Crippen LogP contribution is 2.19. The molecule has 0 fully saturated rings. The highest BCUT2D eigenvalue weighted by Gasteiger charge is 2.19. The fourth-order valence-corrected chi connectivity index (χ4v) is 1.35. The summed E-state index contributed by atoms with van der Waals surface area (Å²) in [6, 6.07) is -0.00681. The van der Waals surface area contributed by atoms with Gasteiger partial charge >= 0.3 is 0 Å². The maximum Gasteiger partial charge on any atom is 0.142 e. The van der Waals surface area contributed by atoms with Crippen LogP contribution in [0.3, 0.4) is 0 Å². The average molecular weight is 199 g/mol. The Labute approximate surface area is 83.2 Å². The Bertz CT molecular complexity index is 238. The molecule has 0 bridgehead atoms. The normalized spacial score (nSPS) is 15.4. The third-order valence-corrected chi connectivity index (χ3v) is 2.25. The Hall–Kier alpha value is -0.980. The zero-order valence-electron chi connectivity index (χ0n) is 8.53. The standard InChI is InChI=1S/C8H17N5O/c1-6(3-4-14-2)7(12-9)8-10-5-11-13-8/h5-7,12H,3-4,9H2,1-2H3,(H,10,11,13). The fourth-order valence-electron chi connectivity index (χ4n) is 1.35. The molecule has 0 aliphatic carbocycles. The van der Waals surface area contributed by atoms with Gasteiger partial charge in [-0.05, 0) is 12.3 Å². The third kappa shape index (κ3) is 2.76. The summed E-state index contributed by atoms with van der Waals surface area (Å²) in [4.78, 5) is 4.07. The van der Waals surface area contributed by atoms with Crippen LogP contribution in [-0.4, -0.2) is 28.9 Å². The molecule has 6 heteroatoms. The topological polar surface area (TPSA) is 88.8 Å². The number of nitrogens with zero attached hydrogens (tertiary/aromatic N) is 2.